The molecule has 2 heterocycles. The van der Waals surface area contributed by atoms with Crippen LogP contribution in [0.5, 0.6) is 11.5 Å². The lowest BCUT2D eigenvalue weighted by Gasteiger charge is -2.18. The van der Waals surface area contributed by atoms with Crippen LogP contribution >= 0.6 is 0 Å². The molecule has 1 aromatic carbocycles. The molecular weight excluding hydrogens is 376 g/mol. The number of aryl methyl sites for hydroxylation is 2. The van der Waals surface area contributed by atoms with Gasteiger partial charge < -0.3 is 14.5 Å². The molecule has 0 aliphatic rings. The van der Waals surface area contributed by atoms with Crippen LogP contribution in [0.1, 0.15) is 22.4 Å². The summed E-state index contributed by atoms with van der Waals surface area (Å²) in [6.07, 6.45) is 1.75. The summed E-state index contributed by atoms with van der Waals surface area (Å²) in [6, 6.07) is 3.84. The summed E-state index contributed by atoms with van der Waals surface area (Å²) in [7, 11) is 5.68. The number of fused-ring (bicyclic) bond motifs is 1. The molecule has 3 rings (SSSR count). The van der Waals surface area contributed by atoms with Gasteiger partial charge >= 0.3 is 0 Å². The first-order valence-corrected chi connectivity index (χ1v) is 10.2. The Morgan fingerprint density at radius 3 is 2.43 bits per heavy atom. The molecule has 0 fully saturated rings. The van der Waals surface area contributed by atoms with E-state index < -0.39 is 10.8 Å². The van der Waals surface area contributed by atoms with Gasteiger partial charge in [-0.3, -0.25) is 9.19 Å². The zero-order valence-electron chi connectivity index (χ0n) is 17.4. The van der Waals surface area contributed by atoms with Crippen LogP contribution in [-0.4, -0.2) is 47.2 Å². The van der Waals surface area contributed by atoms with Gasteiger partial charge in [-0.1, -0.05) is 0 Å². The monoisotopic (exact) mass is 402 g/mol. The van der Waals surface area contributed by atoms with Crippen LogP contribution in [0.15, 0.2) is 23.5 Å². The van der Waals surface area contributed by atoms with Crippen LogP contribution < -0.4 is 14.5 Å². The lowest BCUT2D eigenvalue weighted by Crippen LogP contribution is -2.27. The molecule has 28 heavy (non-hydrogen) atoms. The number of benzene rings is 1. The number of nitrogens with zero attached hydrogens (tertiary/aromatic N) is 4. The van der Waals surface area contributed by atoms with E-state index >= 15 is 0 Å². The fourth-order valence-electron chi connectivity index (χ4n) is 3.39. The number of rotatable bonds is 6. The first kappa shape index (κ1) is 20.1. The van der Waals surface area contributed by atoms with Crippen molar-refractivity contribution in [1.82, 2.24) is 14.6 Å². The minimum absolute atomic E-state index is 0.260. The summed E-state index contributed by atoms with van der Waals surface area (Å²) in [5.74, 6) is 1.80. The van der Waals surface area contributed by atoms with Gasteiger partial charge in [0.05, 0.1) is 47.5 Å². The van der Waals surface area contributed by atoms with Gasteiger partial charge in [0, 0.05) is 37.0 Å². The zero-order chi connectivity index (χ0) is 20.6. The summed E-state index contributed by atoms with van der Waals surface area (Å²) >= 11 is 0. The molecule has 0 saturated carbocycles. The molecule has 8 heteroatoms. The topological polar surface area (TPSA) is 69.5 Å². The van der Waals surface area contributed by atoms with Gasteiger partial charge in [0.25, 0.3) is 0 Å². The Balaban J connectivity index is 2.09. The van der Waals surface area contributed by atoms with Crippen LogP contribution in [0, 0.1) is 20.8 Å². The molecule has 3 aromatic rings. The first-order chi connectivity index (χ1) is 13.3. The normalized spacial score (nSPS) is 12.2. The molecule has 0 aliphatic carbocycles. The second kappa shape index (κ2) is 7.79. The fourth-order valence-corrected chi connectivity index (χ4v) is 4.70. The number of ether oxygens (including phenoxy) is 2. The third-order valence-corrected chi connectivity index (χ3v) is 6.03. The molecule has 2 aromatic heterocycles. The Morgan fingerprint density at radius 1 is 1.11 bits per heavy atom. The Kier molecular flexibility index (Phi) is 5.60. The number of methoxy groups -OCH3 is 2. The third kappa shape index (κ3) is 3.32. The van der Waals surface area contributed by atoms with Crippen molar-refractivity contribution >= 4 is 21.8 Å². The van der Waals surface area contributed by atoms with Crippen molar-refractivity contribution in [3.8, 4) is 11.5 Å². The van der Waals surface area contributed by atoms with E-state index in [1.54, 1.807) is 20.4 Å². The molecule has 1 unspecified atom stereocenters. The van der Waals surface area contributed by atoms with Crippen LogP contribution in [0.2, 0.25) is 0 Å². The number of imidazole rings is 1. The van der Waals surface area contributed by atoms with E-state index in [1.807, 2.05) is 56.7 Å². The van der Waals surface area contributed by atoms with Gasteiger partial charge in [-0.2, -0.15) is 0 Å². The number of hydrogen-bond donors (Lipinski definition) is 0. The number of aromatic nitrogens is 3. The van der Waals surface area contributed by atoms with Crippen molar-refractivity contribution < 1.29 is 13.7 Å². The Hall–Kier alpha value is -2.61. The van der Waals surface area contributed by atoms with Crippen molar-refractivity contribution in [3.63, 3.8) is 0 Å². The van der Waals surface area contributed by atoms with Crippen molar-refractivity contribution in [3.05, 3.63) is 40.7 Å². The van der Waals surface area contributed by atoms with E-state index in [1.165, 1.54) is 0 Å². The van der Waals surface area contributed by atoms with E-state index in [0.717, 1.165) is 44.9 Å². The smallest absolute Gasteiger partial charge is 0.219 e. The van der Waals surface area contributed by atoms with Gasteiger partial charge in [0.2, 0.25) is 5.16 Å². The van der Waals surface area contributed by atoms with Crippen LogP contribution in [0.3, 0.4) is 0 Å². The van der Waals surface area contributed by atoms with Crippen LogP contribution in [0.25, 0.3) is 11.0 Å². The molecule has 150 valence electrons. The fraction of sp³-hybridized carbons (Fsp3) is 0.400. The average Bonchev–Trinajstić information content (AvgIpc) is 3.05. The van der Waals surface area contributed by atoms with E-state index in [4.69, 9.17) is 14.5 Å². The molecular formula is C20H26N4O3S. The Bertz CT molecular complexity index is 1060. The minimum atomic E-state index is -1.39. The highest BCUT2D eigenvalue weighted by Crippen LogP contribution is 2.30. The van der Waals surface area contributed by atoms with Gasteiger partial charge in [0.15, 0.2) is 0 Å². The van der Waals surface area contributed by atoms with E-state index in [-0.39, 0.29) is 5.75 Å². The SMILES string of the molecule is COc1ccc2c(nc(S(=O)Cc3ncc(C)c(OC)c3C)n2N(C)C)c1C. The molecule has 1 atom stereocenters. The quantitative estimate of drug-likeness (QED) is 0.631. The molecule has 0 spiro atoms. The predicted octanol–water partition coefficient (Wildman–Crippen LogP) is 2.88. The van der Waals surface area contributed by atoms with Crippen molar-refractivity contribution in [1.29, 1.82) is 0 Å². The molecule has 0 saturated heterocycles. The predicted molar refractivity (Wildman–Crippen MR) is 111 cm³/mol. The van der Waals surface area contributed by atoms with Crippen LogP contribution in [-0.2, 0) is 16.6 Å². The standard InChI is InChI=1S/C20H26N4O3S/c1-12-10-21-15(13(2)19(12)27-7)11-28(25)20-22-18-14(3)17(26-6)9-8-16(18)24(20)23(4)5/h8-10H,11H2,1-7H3. The highest BCUT2D eigenvalue weighted by atomic mass is 32.2. The highest BCUT2D eigenvalue weighted by Gasteiger charge is 2.22. The largest absolute Gasteiger partial charge is 0.496 e. The van der Waals surface area contributed by atoms with Crippen LogP contribution in [0.4, 0.5) is 0 Å². The minimum Gasteiger partial charge on any atom is -0.496 e. The molecule has 0 amide bonds. The molecule has 0 radical (unpaired) electrons. The summed E-state index contributed by atoms with van der Waals surface area (Å²) in [4.78, 5) is 9.19. The maximum Gasteiger partial charge on any atom is 0.219 e. The lowest BCUT2D eigenvalue weighted by molar-refractivity contribution is 0.407. The van der Waals surface area contributed by atoms with Gasteiger partial charge in [-0.25, -0.2) is 9.66 Å². The third-order valence-electron chi connectivity index (χ3n) is 4.82. The first-order valence-electron chi connectivity index (χ1n) is 8.91. The van der Waals surface area contributed by atoms with Gasteiger partial charge in [-0.15, -0.1) is 0 Å². The number of hydrogen-bond acceptors (Lipinski definition) is 6. The van der Waals surface area contributed by atoms with Crippen molar-refractivity contribution in [2.24, 2.45) is 0 Å². The average molecular weight is 403 g/mol. The maximum atomic E-state index is 13.3. The summed E-state index contributed by atoms with van der Waals surface area (Å²) in [6.45, 7) is 5.84. The Morgan fingerprint density at radius 2 is 1.82 bits per heavy atom. The summed E-state index contributed by atoms with van der Waals surface area (Å²) in [5, 5.41) is 2.36. The molecule has 0 N–H and O–H groups in total. The maximum absolute atomic E-state index is 13.3. The highest BCUT2D eigenvalue weighted by molar-refractivity contribution is 7.84. The van der Waals surface area contributed by atoms with Crippen molar-refractivity contribution in [2.75, 3.05) is 33.3 Å². The molecule has 0 aliphatic heterocycles. The van der Waals surface area contributed by atoms with Gasteiger partial charge in [0.1, 0.15) is 11.5 Å². The van der Waals surface area contributed by atoms with E-state index in [9.17, 15) is 4.21 Å². The Labute approximate surface area is 167 Å². The van der Waals surface area contributed by atoms with E-state index in [2.05, 4.69) is 4.98 Å². The molecule has 0 bridgehead atoms. The lowest BCUT2D eigenvalue weighted by atomic mass is 10.1. The second-order valence-electron chi connectivity index (χ2n) is 6.85. The second-order valence-corrected chi connectivity index (χ2v) is 8.19. The molecule has 7 nitrogen and oxygen atoms in total. The summed E-state index contributed by atoms with van der Waals surface area (Å²) < 4.78 is 26.1. The summed E-state index contributed by atoms with van der Waals surface area (Å²) in [5.41, 5.74) is 5.19. The van der Waals surface area contributed by atoms with Crippen molar-refractivity contribution in [2.45, 2.75) is 31.7 Å². The van der Waals surface area contributed by atoms with E-state index in [0.29, 0.717) is 5.16 Å². The zero-order valence-corrected chi connectivity index (χ0v) is 18.2. The van der Waals surface area contributed by atoms with Gasteiger partial charge in [-0.05, 0) is 32.9 Å². The number of pyridine rings is 1.